The van der Waals surface area contributed by atoms with E-state index >= 15 is 0 Å². The first kappa shape index (κ1) is 19.4. The van der Waals surface area contributed by atoms with Gasteiger partial charge in [-0.3, -0.25) is 4.99 Å². The highest BCUT2D eigenvalue weighted by molar-refractivity contribution is 14.0. The van der Waals surface area contributed by atoms with Gasteiger partial charge in [-0.2, -0.15) is 0 Å². The van der Waals surface area contributed by atoms with Gasteiger partial charge < -0.3 is 15.5 Å². The third-order valence-electron chi connectivity index (χ3n) is 4.81. The summed E-state index contributed by atoms with van der Waals surface area (Å²) in [6.07, 6.45) is 4.71. The molecule has 2 aliphatic rings. The van der Waals surface area contributed by atoms with E-state index in [0.29, 0.717) is 18.9 Å². The number of halogens is 2. The number of rotatable bonds is 6. The van der Waals surface area contributed by atoms with Gasteiger partial charge >= 0.3 is 0 Å². The maximum Gasteiger partial charge on any atom is 0.190 e. The van der Waals surface area contributed by atoms with Crippen molar-refractivity contribution in [2.45, 2.75) is 31.7 Å². The molecular weight excluding hydrogens is 418 g/mol. The van der Waals surface area contributed by atoms with Crippen LogP contribution in [0.4, 0.5) is 4.39 Å². The Kier molecular flexibility index (Phi) is 7.74. The number of hydrogen-bond donors (Lipinski definition) is 2. The van der Waals surface area contributed by atoms with Crippen molar-refractivity contribution in [3.05, 3.63) is 35.6 Å². The molecule has 0 amide bonds. The van der Waals surface area contributed by atoms with Crippen LogP contribution in [-0.2, 0) is 6.42 Å². The standard InChI is InChI=1S/C18H27FN4.HI/c1-20-18(21-10-8-15-4-2-3-5-17(15)19)22-12-14-9-11-23(13-14)16-6-7-16;/h2-5,14,16H,6-13H2,1H3,(H2,20,21,22);1H. The summed E-state index contributed by atoms with van der Waals surface area (Å²) >= 11 is 0. The Morgan fingerprint density at radius 1 is 1.25 bits per heavy atom. The molecule has 1 heterocycles. The molecule has 2 N–H and O–H groups in total. The van der Waals surface area contributed by atoms with Gasteiger partial charge in [0.1, 0.15) is 5.82 Å². The van der Waals surface area contributed by atoms with Gasteiger partial charge in [-0.25, -0.2) is 4.39 Å². The number of benzene rings is 1. The first-order valence-corrected chi connectivity index (χ1v) is 8.68. The minimum Gasteiger partial charge on any atom is -0.356 e. The third kappa shape index (κ3) is 5.58. The lowest BCUT2D eigenvalue weighted by Gasteiger charge is -2.17. The summed E-state index contributed by atoms with van der Waals surface area (Å²) in [5, 5.41) is 6.68. The van der Waals surface area contributed by atoms with Crippen LogP contribution < -0.4 is 10.6 Å². The summed E-state index contributed by atoms with van der Waals surface area (Å²) in [4.78, 5) is 6.88. The highest BCUT2D eigenvalue weighted by Crippen LogP contribution is 2.31. The van der Waals surface area contributed by atoms with Gasteiger partial charge in [-0.1, -0.05) is 18.2 Å². The zero-order valence-corrected chi connectivity index (χ0v) is 16.6. The van der Waals surface area contributed by atoms with Gasteiger partial charge in [0.05, 0.1) is 0 Å². The Hall–Kier alpha value is -0.890. The van der Waals surface area contributed by atoms with Crippen molar-refractivity contribution >= 4 is 29.9 Å². The molecule has 0 radical (unpaired) electrons. The van der Waals surface area contributed by atoms with E-state index in [2.05, 4.69) is 20.5 Å². The second kappa shape index (κ2) is 9.56. The van der Waals surface area contributed by atoms with E-state index in [1.807, 2.05) is 12.1 Å². The zero-order valence-electron chi connectivity index (χ0n) is 14.3. The smallest absolute Gasteiger partial charge is 0.190 e. The number of guanidine groups is 1. The van der Waals surface area contributed by atoms with Crippen molar-refractivity contribution in [3.8, 4) is 0 Å². The Labute approximate surface area is 161 Å². The molecule has 1 saturated carbocycles. The molecule has 134 valence electrons. The fourth-order valence-corrected chi connectivity index (χ4v) is 3.28. The van der Waals surface area contributed by atoms with Crippen LogP contribution in [0.5, 0.6) is 0 Å². The molecule has 1 aliphatic carbocycles. The molecule has 6 heteroatoms. The van der Waals surface area contributed by atoms with Crippen LogP contribution >= 0.6 is 24.0 Å². The SMILES string of the molecule is CN=C(NCCc1ccccc1F)NCC1CCN(C2CC2)C1.I. The molecular formula is C18H28FIN4. The Bertz CT molecular complexity index is 548. The van der Waals surface area contributed by atoms with E-state index < -0.39 is 0 Å². The van der Waals surface area contributed by atoms with Crippen molar-refractivity contribution in [1.82, 2.24) is 15.5 Å². The molecule has 1 saturated heterocycles. The summed E-state index contributed by atoms with van der Waals surface area (Å²) in [6, 6.07) is 7.81. The van der Waals surface area contributed by atoms with Crippen LogP contribution in [0.25, 0.3) is 0 Å². The fraction of sp³-hybridized carbons (Fsp3) is 0.611. The molecule has 3 rings (SSSR count). The molecule has 4 nitrogen and oxygen atoms in total. The minimum absolute atomic E-state index is 0. The normalized spacial score (nSPS) is 21.4. The fourth-order valence-electron chi connectivity index (χ4n) is 3.28. The number of nitrogens with zero attached hydrogens (tertiary/aromatic N) is 2. The van der Waals surface area contributed by atoms with E-state index in [-0.39, 0.29) is 29.8 Å². The zero-order chi connectivity index (χ0) is 16.1. The van der Waals surface area contributed by atoms with Gasteiger partial charge in [0.25, 0.3) is 0 Å². The number of nitrogens with one attached hydrogen (secondary N) is 2. The summed E-state index contributed by atoms with van der Waals surface area (Å²) in [6.45, 7) is 4.10. The molecule has 1 aromatic carbocycles. The van der Waals surface area contributed by atoms with Gasteiger partial charge in [0.2, 0.25) is 0 Å². The van der Waals surface area contributed by atoms with Crippen molar-refractivity contribution in [2.75, 3.05) is 33.2 Å². The van der Waals surface area contributed by atoms with E-state index in [0.717, 1.165) is 24.1 Å². The van der Waals surface area contributed by atoms with Gasteiger partial charge in [0, 0.05) is 32.7 Å². The molecule has 24 heavy (non-hydrogen) atoms. The number of hydrogen-bond acceptors (Lipinski definition) is 2. The van der Waals surface area contributed by atoms with Gasteiger partial charge in [0.15, 0.2) is 5.96 Å². The van der Waals surface area contributed by atoms with Crippen LogP contribution in [0.15, 0.2) is 29.3 Å². The highest BCUT2D eigenvalue weighted by Gasteiger charge is 2.34. The topological polar surface area (TPSA) is 39.7 Å². The van der Waals surface area contributed by atoms with Crippen LogP contribution in [0.3, 0.4) is 0 Å². The van der Waals surface area contributed by atoms with Crippen LogP contribution in [0.2, 0.25) is 0 Å². The first-order valence-electron chi connectivity index (χ1n) is 8.68. The molecule has 0 spiro atoms. The average Bonchev–Trinajstić information content (AvgIpc) is 3.31. The largest absolute Gasteiger partial charge is 0.356 e. The predicted octanol–water partition coefficient (Wildman–Crippen LogP) is 2.64. The van der Waals surface area contributed by atoms with Crippen LogP contribution in [0.1, 0.15) is 24.8 Å². The molecule has 1 atom stereocenters. The number of likely N-dealkylation sites (tertiary alicyclic amines) is 1. The molecule has 2 fully saturated rings. The lowest BCUT2D eigenvalue weighted by atomic mass is 10.1. The summed E-state index contributed by atoms with van der Waals surface area (Å²) in [5.41, 5.74) is 0.742. The van der Waals surface area contributed by atoms with E-state index in [1.54, 1.807) is 13.1 Å². The van der Waals surface area contributed by atoms with Crippen molar-refractivity contribution in [1.29, 1.82) is 0 Å². The molecule has 0 bridgehead atoms. The van der Waals surface area contributed by atoms with Crippen LogP contribution in [-0.4, -0.2) is 50.1 Å². The maximum absolute atomic E-state index is 13.6. The highest BCUT2D eigenvalue weighted by atomic mass is 127. The lowest BCUT2D eigenvalue weighted by Crippen LogP contribution is -2.41. The number of aliphatic imine (C=N–C) groups is 1. The molecule has 1 aromatic rings. The molecule has 0 aromatic heterocycles. The van der Waals surface area contributed by atoms with E-state index in [4.69, 9.17) is 0 Å². The van der Waals surface area contributed by atoms with E-state index in [9.17, 15) is 4.39 Å². The molecule has 1 unspecified atom stereocenters. The summed E-state index contributed by atoms with van der Waals surface area (Å²) in [7, 11) is 1.78. The van der Waals surface area contributed by atoms with E-state index in [1.165, 1.54) is 38.4 Å². The maximum atomic E-state index is 13.6. The van der Waals surface area contributed by atoms with Gasteiger partial charge in [-0.15, -0.1) is 24.0 Å². The Balaban J connectivity index is 0.00000208. The predicted molar refractivity (Wildman–Crippen MR) is 108 cm³/mol. The monoisotopic (exact) mass is 446 g/mol. The van der Waals surface area contributed by atoms with Gasteiger partial charge in [-0.05, 0) is 49.8 Å². The minimum atomic E-state index is -0.136. The summed E-state index contributed by atoms with van der Waals surface area (Å²) in [5.74, 6) is 1.38. The van der Waals surface area contributed by atoms with Crippen molar-refractivity contribution < 1.29 is 4.39 Å². The molecule has 1 aliphatic heterocycles. The second-order valence-electron chi connectivity index (χ2n) is 6.60. The average molecular weight is 446 g/mol. The Morgan fingerprint density at radius 2 is 2.04 bits per heavy atom. The third-order valence-corrected chi connectivity index (χ3v) is 4.81. The Morgan fingerprint density at radius 3 is 2.75 bits per heavy atom. The quantitative estimate of drug-likeness (QED) is 0.401. The van der Waals surface area contributed by atoms with Crippen molar-refractivity contribution in [3.63, 3.8) is 0 Å². The second-order valence-corrected chi connectivity index (χ2v) is 6.60. The van der Waals surface area contributed by atoms with Crippen molar-refractivity contribution in [2.24, 2.45) is 10.9 Å². The first-order chi connectivity index (χ1) is 11.3. The lowest BCUT2D eigenvalue weighted by molar-refractivity contribution is 0.314. The summed E-state index contributed by atoms with van der Waals surface area (Å²) < 4.78 is 13.6. The van der Waals surface area contributed by atoms with Crippen LogP contribution in [0, 0.1) is 11.7 Å².